The Morgan fingerprint density at radius 1 is 1.50 bits per heavy atom. The van der Waals surface area contributed by atoms with Gasteiger partial charge in [-0.3, -0.25) is 0 Å². The topological polar surface area (TPSA) is 55.4 Å². The molecule has 1 aromatic rings. The van der Waals surface area contributed by atoms with Crippen molar-refractivity contribution in [2.24, 2.45) is 0 Å². The predicted octanol–water partition coefficient (Wildman–Crippen LogP) is 1.11. The quantitative estimate of drug-likeness (QED) is 0.730. The van der Waals surface area contributed by atoms with Crippen molar-refractivity contribution in [3.05, 3.63) is 35.9 Å². The molecule has 0 saturated heterocycles. The number of alkyl carbamates (subject to hydrolysis) is 1. The van der Waals surface area contributed by atoms with Crippen LogP contribution >= 0.6 is 0 Å². The minimum absolute atomic E-state index is 0.123. The molecule has 4 heteroatoms. The van der Waals surface area contributed by atoms with Crippen molar-refractivity contribution in [3.8, 4) is 0 Å². The zero-order chi connectivity index (χ0) is 11.1. The number of carbonyl (C=O) groups excluding carboxylic acids is 2. The van der Waals surface area contributed by atoms with E-state index in [1.54, 1.807) is 0 Å². The van der Waals surface area contributed by atoms with Crippen molar-refractivity contribution in [1.29, 1.82) is 0 Å². The summed E-state index contributed by atoms with van der Waals surface area (Å²) in [7, 11) is 0. The molecule has 1 atom stereocenters. The lowest BCUT2D eigenvalue weighted by molar-refractivity contribution is -0.107. The fraction of sp³-hybridized carbons (Fsp3) is 0.200. The van der Waals surface area contributed by atoms with Crippen LogP contribution in [-0.2, 0) is 16.1 Å². The molecule has 0 aromatic heterocycles. The van der Waals surface area contributed by atoms with Gasteiger partial charge in [0.1, 0.15) is 12.9 Å². The number of benzene rings is 1. The average Bonchev–Trinajstić information content (AvgIpc) is 2.27. The largest absolute Gasteiger partial charge is 0.445 e. The molecule has 0 radical (unpaired) electrons. The lowest BCUT2D eigenvalue weighted by Gasteiger charge is -2.04. The van der Waals surface area contributed by atoms with E-state index in [9.17, 15) is 9.59 Å². The van der Waals surface area contributed by atoms with Crippen LogP contribution in [0.2, 0.25) is 0 Å². The van der Waals surface area contributed by atoms with Crippen LogP contribution in [0.1, 0.15) is 6.93 Å². The number of amides is 1. The van der Waals surface area contributed by atoms with E-state index < -0.39 is 12.6 Å². The van der Waals surface area contributed by atoms with Gasteiger partial charge in [-0.05, 0) is 5.56 Å². The summed E-state index contributed by atoms with van der Waals surface area (Å²) in [5, 5.41) is 2.04. The third-order valence-electron chi connectivity index (χ3n) is 1.48. The first-order valence-corrected chi connectivity index (χ1v) is 4.07. The van der Waals surface area contributed by atoms with E-state index >= 15 is 0 Å². The van der Waals surface area contributed by atoms with Crippen LogP contribution in [0.5, 0.6) is 0 Å². The molecule has 0 spiro atoms. The Bertz CT molecular complexity index is 329. The Labute approximate surface area is 83.3 Å². The molecule has 74 valence electrons. The highest BCUT2D eigenvalue weighted by atomic mass is 16.5. The molecule has 1 aromatic carbocycles. The van der Waals surface area contributed by atoms with E-state index in [1.807, 2.05) is 35.6 Å². The third-order valence-corrected chi connectivity index (χ3v) is 1.48. The molecule has 0 heterocycles. The lowest BCUT2D eigenvalue weighted by atomic mass is 10.2. The second-order valence-electron chi connectivity index (χ2n) is 2.51. The van der Waals surface area contributed by atoms with E-state index in [4.69, 9.17) is 6.11 Å². The number of rotatable bonds is 4. The highest BCUT2D eigenvalue weighted by molar-refractivity contribution is 5.70. The van der Waals surface area contributed by atoms with Crippen LogP contribution in [-0.4, -0.2) is 18.9 Å². The van der Waals surface area contributed by atoms with Crippen molar-refractivity contribution in [2.45, 2.75) is 6.61 Å². The molecule has 4 nitrogen and oxygen atoms in total. The third kappa shape index (κ3) is 3.71. The number of ether oxygens (including phenoxy) is 1. The van der Waals surface area contributed by atoms with E-state index in [0.717, 1.165) is 5.56 Å². The van der Waals surface area contributed by atoms with Crippen molar-refractivity contribution >= 4 is 12.4 Å². The van der Waals surface area contributed by atoms with E-state index in [0.29, 0.717) is 6.29 Å². The lowest BCUT2D eigenvalue weighted by Crippen LogP contribution is -2.25. The number of carbonyl (C=O) groups is 2. The summed E-state index contributed by atoms with van der Waals surface area (Å²) < 4.78 is 11.7. The summed E-state index contributed by atoms with van der Waals surface area (Å²) in [6.07, 6.45) is -0.463. The summed E-state index contributed by atoms with van der Waals surface area (Å²) in [5.41, 5.74) is 0.847. The summed E-state index contributed by atoms with van der Waals surface area (Å²) in [5.74, 6) is 0. The van der Waals surface area contributed by atoms with Crippen molar-refractivity contribution in [2.75, 3.05) is 6.52 Å². The standard InChI is InChI=1S/C10H11NO3/c12-7-6-11-10(13)14-8-9-4-2-1-3-5-9/h1-5,7H,6,8H2,(H,11,13)/i6D. The van der Waals surface area contributed by atoms with Gasteiger partial charge in [0, 0.05) is 0 Å². The van der Waals surface area contributed by atoms with Crippen LogP contribution in [0.25, 0.3) is 0 Å². The Balaban J connectivity index is 2.31. The maximum atomic E-state index is 11.0. The molecular formula is C10H11NO3. The fourth-order valence-corrected chi connectivity index (χ4v) is 0.867. The van der Waals surface area contributed by atoms with E-state index in [-0.39, 0.29) is 6.61 Å². The first-order chi connectivity index (χ1) is 7.22. The molecule has 0 aliphatic heterocycles. The van der Waals surface area contributed by atoms with Crippen molar-refractivity contribution in [3.63, 3.8) is 0 Å². The molecule has 0 saturated carbocycles. The van der Waals surface area contributed by atoms with Crippen LogP contribution in [0.4, 0.5) is 4.79 Å². The molecule has 0 aliphatic carbocycles. The second kappa shape index (κ2) is 5.75. The first-order valence-electron chi connectivity index (χ1n) is 4.65. The summed E-state index contributed by atoms with van der Waals surface area (Å²) in [4.78, 5) is 21.0. The second-order valence-corrected chi connectivity index (χ2v) is 2.51. The van der Waals surface area contributed by atoms with Gasteiger partial charge >= 0.3 is 6.09 Å². The Morgan fingerprint density at radius 3 is 2.86 bits per heavy atom. The molecule has 1 unspecified atom stereocenters. The predicted molar refractivity (Wildman–Crippen MR) is 50.7 cm³/mol. The Hall–Kier alpha value is -1.84. The minimum atomic E-state index is -1.27. The summed E-state index contributed by atoms with van der Waals surface area (Å²) >= 11 is 0. The van der Waals surface area contributed by atoms with Gasteiger partial charge in [-0.25, -0.2) is 4.79 Å². The van der Waals surface area contributed by atoms with Gasteiger partial charge in [-0.1, -0.05) is 30.3 Å². The summed E-state index contributed by atoms with van der Waals surface area (Å²) in [6, 6.07) is 9.14. The summed E-state index contributed by atoms with van der Waals surface area (Å²) in [6.45, 7) is -1.15. The maximum absolute atomic E-state index is 11.0. The van der Waals surface area contributed by atoms with Gasteiger partial charge in [0.05, 0.1) is 7.89 Å². The monoisotopic (exact) mass is 194 g/mol. The highest BCUT2D eigenvalue weighted by Crippen LogP contribution is 1.99. The molecule has 0 aliphatic rings. The Kier molecular flexibility index (Phi) is 3.59. The molecular weight excluding hydrogens is 182 g/mol. The van der Waals surface area contributed by atoms with Gasteiger partial charge in [0.15, 0.2) is 0 Å². The highest BCUT2D eigenvalue weighted by Gasteiger charge is 1.99. The van der Waals surface area contributed by atoms with Gasteiger partial charge in [-0.2, -0.15) is 0 Å². The van der Waals surface area contributed by atoms with E-state index in [1.165, 1.54) is 0 Å². The smallest absolute Gasteiger partial charge is 0.407 e. The van der Waals surface area contributed by atoms with Crippen LogP contribution in [0.15, 0.2) is 30.3 Å². The number of nitrogens with one attached hydrogen (secondary N) is 1. The van der Waals surface area contributed by atoms with Gasteiger partial charge in [0.25, 0.3) is 0 Å². The SMILES string of the molecule is [2H]C(C=O)NC(=O)OCc1ccccc1. The van der Waals surface area contributed by atoms with Gasteiger partial charge in [0.2, 0.25) is 0 Å². The van der Waals surface area contributed by atoms with Crippen LogP contribution in [0.3, 0.4) is 0 Å². The molecule has 0 fully saturated rings. The van der Waals surface area contributed by atoms with Gasteiger partial charge in [-0.15, -0.1) is 0 Å². The Morgan fingerprint density at radius 2 is 2.21 bits per heavy atom. The average molecular weight is 194 g/mol. The zero-order valence-corrected chi connectivity index (χ0v) is 7.47. The molecule has 0 bridgehead atoms. The van der Waals surface area contributed by atoms with Crippen LogP contribution < -0.4 is 5.32 Å². The van der Waals surface area contributed by atoms with Crippen molar-refractivity contribution < 1.29 is 15.7 Å². The first kappa shape index (κ1) is 8.74. The fourth-order valence-electron chi connectivity index (χ4n) is 0.867. The number of hydrogen-bond donors (Lipinski definition) is 1. The molecule has 14 heavy (non-hydrogen) atoms. The van der Waals surface area contributed by atoms with E-state index in [2.05, 4.69) is 0 Å². The number of aldehydes is 1. The molecule has 1 N–H and O–H groups in total. The molecule has 1 rings (SSSR count). The maximum Gasteiger partial charge on any atom is 0.407 e. The van der Waals surface area contributed by atoms with Crippen LogP contribution in [0, 0.1) is 0 Å². The van der Waals surface area contributed by atoms with Crippen molar-refractivity contribution in [1.82, 2.24) is 5.32 Å². The number of hydrogen-bond acceptors (Lipinski definition) is 3. The normalized spacial score (nSPS) is 12.4. The minimum Gasteiger partial charge on any atom is -0.445 e. The molecule has 1 amide bonds. The zero-order valence-electron chi connectivity index (χ0n) is 8.47. The van der Waals surface area contributed by atoms with Gasteiger partial charge < -0.3 is 14.8 Å².